The number of benzene rings is 1. The normalized spacial score (nSPS) is 12.4. The smallest absolute Gasteiger partial charge is 0.148 e. The average Bonchev–Trinajstić information content (AvgIpc) is 2.43. The van der Waals surface area contributed by atoms with Gasteiger partial charge in [-0.2, -0.15) is 0 Å². The van der Waals surface area contributed by atoms with Crippen molar-refractivity contribution in [3.05, 3.63) is 62.6 Å². The van der Waals surface area contributed by atoms with Crippen LogP contribution >= 0.6 is 27.5 Å². The van der Waals surface area contributed by atoms with Crippen LogP contribution in [0.15, 0.2) is 35.1 Å². The highest BCUT2D eigenvalue weighted by Gasteiger charge is 2.20. The molecule has 0 fully saturated rings. The van der Waals surface area contributed by atoms with Crippen LogP contribution in [-0.2, 0) is 0 Å². The number of nitrogens with zero attached hydrogens (tertiary/aromatic N) is 1. The van der Waals surface area contributed by atoms with Gasteiger partial charge in [0.05, 0.1) is 11.1 Å². The van der Waals surface area contributed by atoms with E-state index in [1.54, 1.807) is 24.5 Å². The Labute approximate surface area is 131 Å². The van der Waals surface area contributed by atoms with Crippen molar-refractivity contribution < 1.29 is 4.39 Å². The molecule has 1 heterocycles. The van der Waals surface area contributed by atoms with E-state index < -0.39 is 5.82 Å². The molecule has 1 N–H and O–H groups in total. The molecule has 1 aromatic heterocycles. The number of rotatable bonds is 4. The lowest BCUT2D eigenvalue weighted by atomic mass is 9.98. The minimum Gasteiger partial charge on any atom is -0.306 e. The lowest BCUT2D eigenvalue weighted by molar-refractivity contribution is 0.558. The van der Waals surface area contributed by atoms with Crippen molar-refractivity contribution in [2.45, 2.75) is 19.9 Å². The van der Waals surface area contributed by atoms with E-state index in [4.69, 9.17) is 11.6 Å². The quantitative estimate of drug-likeness (QED) is 0.806. The Kier molecular flexibility index (Phi) is 5.13. The lowest BCUT2D eigenvalue weighted by Crippen LogP contribution is -2.23. The van der Waals surface area contributed by atoms with Gasteiger partial charge in [0.25, 0.3) is 0 Å². The zero-order chi connectivity index (χ0) is 14.7. The van der Waals surface area contributed by atoms with Crippen LogP contribution in [0.2, 0.25) is 5.02 Å². The monoisotopic (exact) mass is 356 g/mol. The Morgan fingerprint density at radius 1 is 1.40 bits per heavy atom. The highest BCUT2D eigenvalue weighted by Crippen LogP contribution is 2.32. The highest BCUT2D eigenvalue weighted by atomic mass is 79.9. The fourth-order valence-electron chi connectivity index (χ4n) is 2.11. The molecule has 1 atom stereocenters. The van der Waals surface area contributed by atoms with Crippen molar-refractivity contribution in [2.75, 3.05) is 6.54 Å². The van der Waals surface area contributed by atoms with Crippen molar-refractivity contribution in [2.24, 2.45) is 0 Å². The number of pyridine rings is 1. The summed E-state index contributed by atoms with van der Waals surface area (Å²) in [6.07, 6.45) is 3.52. The van der Waals surface area contributed by atoms with Crippen LogP contribution in [0.4, 0.5) is 4.39 Å². The number of halogens is 3. The van der Waals surface area contributed by atoms with Gasteiger partial charge in [0.1, 0.15) is 5.82 Å². The molecule has 0 aliphatic carbocycles. The van der Waals surface area contributed by atoms with E-state index in [0.717, 1.165) is 11.1 Å². The third-order valence-corrected chi connectivity index (χ3v) is 4.27. The standard InChI is InChI=1S/C15H15BrClFN2/c1-3-20-15(10-6-9(2)7-19-8-10)11-4-5-12(16)13(17)14(11)18/h4-8,15,20H,3H2,1-2H3. The second-order valence-electron chi connectivity index (χ2n) is 4.55. The fourth-order valence-corrected chi connectivity index (χ4v) is 2.59. The Balaban J connectivity index is 2.51. The summed E-state index contributed by atoms with van der Waals surface area (Å²) in [5.41, 5.74) is 2.48. The first kappa shape index (κ1) is 15.4. The highest BCUT2D eigenvalue weighted by molar-refractivity contribution is 9.10. The van der Waals surface area contributed by atoms with Crippen LogP contribution in [0, 0.1) is 12.7 Å². The maximum Gasteiger partial charge on any atom is 0.148 e. The van der Waals surface area contributed by atoms with Gasteiger partial charge in [-0.3, -0.25) is 4.98 Å². The average molecular weight is 358 g/mol. The molecule has 0 spiro atoms. The molecule has 0 radical (unpaired) electrons. The minimum absolute atomic E-state index is 0.103. The van der Waals surface area contributed by atoms with Crippen molar-refractivity contribution in [1.29, 1.82) is 0 Å². The van der Waals surface area contributed by atoms with Gasteiger partial charge in [-0.05, 0) is 46.6 Å². The Morgan fingerprint density at radius 2 is 2.15 bits per heavy atom. The van der Waals surface area contributed by atoms with E-state index in [1.807, 2.05) is 19.9 Å². The first-order chi connectivity index (χ1) is 9.54. The molecule has 2 rings (SSSR count). The Hall–Kier alpha value is -0.970. The fraction of sp³-hybridized carbons (Fsp3) is 0.267. The zero-order valence-corrected chi connectivity index (χ0v) is 13.6. The number of hydrogen-bond donors (Lipinski definition) is 1. The molecular weight excluding hydrogens is 343 g/mol. The van der Waals surface area contributed by atoms with Crippen LogP contribution in [0.3, 0.4) is 0 Å². The second-order valence-corrected chi connectivity index (χ2v) is 5.78. The minimum atomic E-state index is -0.409. The molecule has 0 bridgehead atoms. The van der Waals surface area contributed by atoms with Gasteiger partial charge in [0.15, 0.2) is 0 Å². The molecule has 0 aliphatic heterocycles. The number of nitrogens with one attached hydrogen (secondary N) is 1. The second kappa shape index (κ2) is 6.66. The Morgan fingerprint density at radius 3 is 2.80 bits per heavy atom. The van der Waals surface area contributed by atoms with E-state index in [0.29, 0.717) is 16.6 Å². The van der Waals surface area contributed by atoms with E-state index in [-0.39, 0.29) is 11.1 Å². The van der Waals surface area contributed by atoms with Crippen LogP contribution in [0.5, 0.6) is 0 Å². The molecule has 0 saturated carbocycles. The first-order valence-corrected chi connectivity index (χ1v) is 7.50. The van der Waals surface area contributed by atoms with E-state index >= 15 is 0 Å². The molecule has 0 saturated heterocycles. The van der Waals surface area contributed by atoms with E-state index in [1.165, 1.54) is 0 Å². The van der Waals surface area contributed by atoms with Crippen LogP contribution < -0.4 is 5.32 Å². The van der Waals surface area contributed by atoms with Gasteiger partial charge >= 0.3 is 0 Å². The van der Waals surface area contributed by atoms with Gasteiger partial charge in [-0.15, -0.1) is 0 Å². The number of hydrogen-bond acceptors (Lipinski definition) is 2. The van der Waals surface area contributed by atoms with Gasteiger partial charge in [-0.25, -0.2) is 4.39 Å². The van der Waals surface area contributed by atoms with Gasteiger partial charge in [-0.1, -0.05) is 30.7 Å². The van der Waals surface area contributed by atoms with Crippen molar-refractivity contribution >= 4 is 27.5 Å². The summed E-state index contributed by atoms with van der Waals surface area (Å²) in [7, 11) is 0. The van der Waals surface area contributed by atoms with E-state index in [9.17, 15) is 4.39 Å². The topological polar surface area (TPSA) is 24.9 Å². The summed E-state index contributed by atoms with van der Waals surface area (Å²) in [6.45, 7) is 4.66. The van der Waals surface area contributed by atoms with Crippen LogP contribution in [-0.4, -0.2) is 11.5 Å². The molecule has 0 amide bonds. The molecule has 2 aromatic rings. The molecule has 2 nitrogen and oxygen atoms in total. The molecule has 5 heteroatoms. The predicted octanol–water partition coefficient (Wildman–Crippen LogP) is 4.64. The summed E-state index contributed by atoms with van der Waals surface area (Å²) in [6, 6.07) is 5.23. The molecule has 20 heavy (non-hydrogen) atoms. The Bertz CT molecular complexity index is 619. The molecule has 1 unspecified atom stereocenters. The third kappa shape index (κ3) is 3.19. The summed E-state index contributed by atoms with van der Waals surface area (Å²) in [4.78, 5) is 4.18. The SMILES string of the molecule is CCNC(c1cncc(C)c1)c1ccc(Br)c(Cl)c1F. The van der Waals surface area contributed by atoms with E-state index in [2.05, 4.69) is 26.2 Å². The molecular formula is C15H15BrClFN2. The summed E-state index contributed by atoms with van der Waals surface area (Å²) in [5, 5.41) is 3.38. The van der Waals surface area contributed by atoms with Gasteiger partial charge < -0.3 is 5.32 Å². The first-order valence-electron chi connectivity index (χ1n) is 6.33. The zero-order valence-electron chi connectivity index (χ0n) is 11.3. The van der Waals surface area contributed by atoms with Gasteiger partial charge in [0.2, 0.25) is 0 Å². The van der Waals surface area contributed by atoms with Crippen LogP contribution in [0.25, 0.3) is 0 Å². The number of aryl methyl sites for hydroxylation is 1. The van der Waals surface area contributed by atoms with Crippen molar-refractivity contribution in [1.82, 2.24) is 10.3 Å². The summed E-state index contributed by atoms with van der Waals surface area (Å²) in [5.74, 6) is -0.409. The van der Waals surface area contributed by atoms with Gasteiger partial charge in [0, 0.05) is 22.4 Å². The lowest BCUT2D eigenvalue weighted by Gasteiger charge is -2.20. The molecule has 1 aromatic carbocycles. The van der Waals surface area contributed by atoms with Crippen LogP contribution in [0.1, 0.15) is 29.7 Å². The predicted molar refractivity (Wildman–Crippen MR) is 83.6 cm³/mol. The maximum atomic E-state index is 14.4. The third-order valence-electron chi connectivity index (χ3n) is 3.01. The summed E-state index contributed by atoms with van der Waals surface area (Å²) < 4.78 is 15.0. The molecule has 0 aliphatic rings. The number of aromatic nitrogens is 1. The van der Waals surface area contributed by atoms with Crippen molar-refractivity contribution in [3.63, 3.8) is 0 Å². The summed E-state index contributed by atoms with van der Waals surface area (Å²) >= 11 is 9.21. The maximum absolute atomic E-state index is 14.4. The largest absolute Gasteiger partial charge is 0.306 e. The molecule has 106 valence electrons. The van der Waals surface area contributed by atoms with Crippen molar-refractivity contribution in [3.8, 4) is 0 Å².